The fourth-order valence-corrected chi connectivity index (χ4v) is 1.39. The molecule has 0 radical (unpaired) electrons. The van der Waals surface area contributed by atoms with Crippen LogP contribution < -0.4 is 4.90 Å². The van der Waals surface area contributed by atoms with Crippen LogP contribution >= 0.6 is 0 Å². The van der Waals surface area contributed by atoms with Gasteiger partial charge in [-0.3, -0.25) is 4.79 Å². The van der Waals surface area contributed by atoms with Crippen LogP contribution in [-0.2, 0) is 0 Å². The minimum Gasteiger partial charge on any atom is -0.394 e. The number of hydrogen-bond donors (Lipinski definition) is 1. The number of rotatable bonds is 4. The monoisotopic (exact) mass is 207 g/mol. The zero-order valence-corrected chi connectivity index (χ0v) is 9.40. The van der Waals surface area contributed by atoms with Gasteiger partial charge in [0.1, 0.15) is 6.29 Å². The lowest BCUT2D eigenvalue weighted by atomic mass is 10.1. The Hall–Kier alpha value is -1.35. The van der Waals surface area contributed by atoms with Crippen molar-refractivity contribution in [2.45, 2.75) is 19.9 Å². The molecule has 0 saturated heterocycles. The topological polar surface area (TPSA) is 40.5 Å². The number of carbonyl (C=O) groups excluding carboxylic acids is 1. The van der Waals surface area contributed by atoms with Crippen molar-refractivity contribution < 1.29 is 9.90 Å². The SMILES string of the molecule is Cc1cc(N(C)C(C)CO)ccc1C=O. The molecule has 0 bridgehead atoms. The van der Waals surface area contributed by atoms with Crippen molar-refractivity contribution in [1.82, 2.24) is 0 Å². The van der Waals surface area contributed by atoms with Crippen molar-refractivity contribution in [1.29, 1.82) is 0 Å². The Morgan fingerprint density at radius 1 is 1.53 bits per heavy atom. The molecule has 0 aliphatic rings. The van der Waals surface area contributed by atoms with E-state index in [2.05, 4.69) is 0 Å². The van der Waals surface area contributed by atoms with Crippen LogP contribution in [0.2, 0.25) is 0 Å². The van der Waals surface area contributed by atoms with E-state index in [1.165, 1.54) is 0 Å². The van der Waals surface area contributed by atoms with E-state index in [-0.39, 0.29) is 12.6 Å². The van der Waals surface area contributed by atoms with E-state index in [1.807, 2.05) is 37.9 Å². The van der Waals surface area contributed by atoms with E-state index in [0.717, 1.165) is 17.5 Å². The summed E-state index contributed by atoms with van der Waals surface area (Å²) in [6.07, 6.45) is 0.856. The molecule has 0 aliphatic carbocycles. The van der Waals surface area contributed by atoms with Gasteiger partial charge in [0.05, 0.1) is 6.61 Å². The quantitative estimate of drug-likeness (QED) is 0.763. The lowest BCUT2D eigenvalue weighted by Gasteiger charge is -2.25. The van der Waals surface area contributed by atoms with Crippen LogP contribution in [0.15, 0.2) is 18.2 Å². The van der Waals surface area contributed by atoms with Crippen molar-refractivity contribution in [2.24, 2.45) is 0 Å². The number of aryl methyl sites for hydroxylation is 1. The number of likely N-dealkylation sites (N-methyl/N-ethyl adjacent to an activating group) is 1. The summed E-state index contributed by atoms with van der Waals surface area (Å²) in [5.41, 5.74) is 2.68. The van der Waals surface area contributed by atoms with Crippen molar-refractivity contribution in [3.63, 3.8) is 0 Å². The first kappa shape index (κ1) is 11.7. The molecule has 1 rings (SSSR count). The molecule has 15 heavy (non-hydrogen) atoms. The van der Waals surface area contributed by atoms with Crippen LogP contribution in [0.5, 0.6) is 0 Å². The average molecular weight is 207 g/mol. The van der Waals surface area contributed by atoms with Gasteiger partial charge in [0.15, 0.2) is 0 Å². The van der Waals surface area contributed by atoms with Crippen LogP contribution in [0.25, 0.3) is 0 Å². The van der Waals surface area contributed by atoms with E-state index in [9.17, 15) is 4.79 Å². The lowest BCUT2D eigenvalue weighted by Crippen LogP contribution is -2.31. The van der Waals surface area contributed by atoms with Gasteiger partial charge < -0.3 is 10.0 Å². The standard InChI is InChI=1S/C12H17NO2/c1-9-6-12(5-4-11(9)8-15)13(3)10(2)7-14/h4-6,8,10,14H,7H2,1-3H3. The molecule has 0 amide bonds. The second kappa shape index (κ2) is 4.94. The minimum atomic E-state index is 0.0754. The Morgan fingerprint density at radius 3 is 2.67 bits per heavy atom. The number of hydrogen-bond acceptors (Lipinski definition) is 3. The van der Waals surface area contributed by atoms with Crippen LogP contribution in [0.1, 0.15) is 22.8 Å². The molecule has 3 heteroatoms. The Labute approximate surface area is 90.3 Å². The fraction of sp³-hybridized carbons (Fsp3) is 0.417. The third-order valence-electron chi connectivity index (χ3n) is 2.71. The number of nitrogens with zero attached hydrogens (tertiary/aromatic N) is 1. The first-order valence-corrected chi connectivity index (χ1v) is 4.99. The number of benzene rings is 1. The van der Waals surface area contributed by atoms with Gasteiger partial charge >= 0.3 is 0 Å². The van der Waals surface area contributed by atoms with Gasteiger partial charge in [-0.05, 0) is 37.6 Å². The second-order valence-electron chi connectivity index (χ2n) is 3.80. The molecule has 1 unspecified atom stereocenters. The maximum atomic E-state index is 10.6. The van der Waals surface area contributed by atoms with Crippen molar-refractivity contribution in [3.8, 4) is 0 Å². The molecule has 1 aromatic rings. The van der Waals surface area contributed by atoms with Gasteiger partial charge in [-0.25, -0.2) is 0 Å². The zero-order chi connectivity index (χ0) is 11.4. The molecule has 1 atom stereocenters. The maximum Gasteiger partial charge on any atom is 0.150 e. The molecule has 1 N–H and O–H groups in total. The minimum absolute atomic E-state index is 0.0754. The summed E-state index contributed by atoms with van der Waals surface area (Å²) < 4.78 is 0. The van der Waals surface area contributed by atoms with E-state index in [4.69, 9.17) is 5.11 Å². The Bertz CT molecular complexity index is 349. The first-order chi connectivity index (χ1) is 7.10. The molecule has 3 nitrogen and oxygen atoms in total. The molecule has 0 saturated carbocycles. The zero-order valence-electron chi connectivity index (χ0n) is 9.40. The fourth-order valence-electron chi connectivity index (χ4n) is 1.39. The number of aldehydes is 1. The number of aliphatic hydroxyl groups is 1. The predicted octanol–water partition coefficient (Wildman–Crippen LogP) is 1.62. The largest absolute Gasteiger partial charge is 0.394 e. The van der Waals surface area contributed by atoms with Gasteiger partial charge in [-0.15, -0.1) is 0 Å². The summed E-state index contributed by atoms with van der Waals surface area (Å²) in [7, 11) is 1.93. The van der Waals surface area contributed by atoms with Gasteiger partial charge in [0.25, 0.3) is 0 Å². The third kappa shape index (κ3) is 2.57. The highest BCUT2D eigenvalue weighted by atomic mass is 16.3. The third-order valence-corrected chi connectivity index (χ3v) is 2.71. The normalized spacial score (nSPS) is 12.3. The molecule has 0 fully saturated rings. The first-order valence-electron chi connectivity index (χ1n) is 4.99. The number of anilines is 1. The summed E-state index contributed by atoms with van der Waals surface area (Å²) >= 11 is 0. The number of carbonyl (C=O) groups is 1. The van der Waals surface area contributed by atoms with Crippen molar-refractivity contribution in [2.75, 3.05) is 18.6 Å². The second-order valence-corrected chi connectivity index (χ2v) is 3.80. The van der Waals surface area contributed by atoms with Crippen LogP contribution in [0.4, 0.5) is 5.69 Å². The smallest absolute Gasteiger partial charge is 0.150 e. The molecular weight excluding hydrogens is 190 g/mol. The predicted molar refractivity (Wildman–Crippen MR) is 61.5 cm³/mol. The molecule has 0 aromatic heterocycles. The van der Waals surface area contributed by atoms with Gasteiger partial charge in [-0.2, -0.15) is 0 Å². The summed E-state index contributed by atoms with van der Waals surface area (Å²) in [6.45, 7) is 3.97. The number of aliphatic hydroxyl groups excluding tert-OH is 1. The van der Waals surface area contributed by atoms with Gasteiger partial charge in [0.2, 0.25) is 0 Å². The molecule has 82 valence electrons. The summed E-state index contributed by atoms with van der Waals surface area (Å²) in [6, 6.07) is 5.73. The lowest BCUT2D eigenvalue weighted by molar-refractivity contribution is 0.112. The van der Waals surface area contributed by atoms with Crippen LogP contribution in [0.3, 0.4) is 0 Å². The molecular formula is C12H17NO2. The van der Waals surface area contributed by atoms with Gasteiger partial charge in [0, 0.05) is 24.3 Å². The van der Waals surface area contributed by atoms with E-state index in [1.54, 1.807) is 6.07 Å². The van der Waals surface area contributed by atoms with E-state index < -0.39 is 0 Å². The highest BCUT2D eigenvalue weighted by molar-refractivity contribution is 5.78. The summed E-state index contributed by atoms with van der Waals surface area (Å²) in [5, 5.41) is 9.04. The van der Waals surface area contributed by atoms with E-state index in [0.29, 0.717) is 5.56 Å². The Balaban J connectivity index is 2.96. The highest BCUT2D eigenvalue weighted by Gasteiger charge is 2.09. The molecule has 1 aromatic carbocycles. The summed E-state index contributed by atoms with van der Waals surface area (Å²) in [5.74, 6) is 0. The molecule has 0 aliphatic heterocycles. The molecule has 0 heterocycles. The van der Waals surface area contributed by atoms with Crippen LogP contribution in [-0.4, -0.2) is 31.1 Å². The Morgan fingerprint density at radius 2 is 2.20 bits per heavy atom. The summed E-state index contributed by atoms with van der Waals surface area (Å²) in [4.78, 5) is 12.6. The Kier molecular flexibility index (Phi) is 3.86. The van der Waals surface area contributed by atoms with Crippen molar-refractivity contribution >= 4 is 12.0 Å². The van der Waals surface area contributed by atoms with Crippen LogP contribution in [0, 0.1) is 6.92 Å². The van der Waals surface area contributed by atoms with Crippen molar-refractivity contribution in [3.05, 3.63) is 29.3 Å². The highest BCUT2D eigenvalue weighted by Crippen LogP contribution is 2.18. The molecule has 0 spiro atoms. The van der Waals surface area contributed by atoms with E-state index >= 15 is 0 Å². The maximum absolute atomic E-state index is 10.6. The van der Waals surface area contributed by atoms with Gasteiger partial charge in [-0.1, -0.05) is 0 Å². The average Bonchev–Trinajstić information content (AvgIpc) is 2.26.